The fourth-order valence-electron chi connectivity index (χ4n) is 16.6. The topological polar surface area (TPSA) is 267 Å². The average molecular weight is 1120 g/mol. The van der Waals surface area contributed by atoms with Crippen LogP contribution >= 0.6 is 0 Å². The van der Waals surface area contributed by atoms with E-state index in [-0.39, 0.29) is 92.2 Å². The SMILES string of the molecule is CC[C@H]1OC(=O)[C@H](C)[C@@H](O[C@@H]2C[C@](C)(OC)[C@H](O)C(C)O2)[C@H](C)[C@@H](O[C@@H]2O[C@H](C)C[C@@H](N(C)C)[C@H]2O)[C@](C)(O)C[C@@H](C)CN(CCCNC(=O)[C@@]2(O)CCC3C4CCC5=CC(=O)CC[C@]5(C)C4[C@@H](O)C[C@@]32C)[C@H](C)[C@@H](O)[C@]1(C)O. The third-order valence-corrected chi connectivity index (χ3v) is 21.4. The molecule has 4 unspecified atom stereocenters. The zero-order valence-electron chi connectivity index (χ0n) is 50.4. The highest BCUT2D eigenvalue weighted by Gasteiger charge is 2.68. The minimum atomic E-state index is -1.98. The molecule has 3 aliphatic heterocycles. The number of hydrogen-bond acceptors (Lipinski definition) is 18. The largest absolute Gasteiger partial charge is 0.459 e. The fourth-order valence-corrected chi connectivity index (χ4v) is 16.6. The molecule has 19 nitrogen and oxygen atoms in total. The van der Waals surface area contributed by atoms with E-state index in [4.69, 9.17) is 28.4 Å². The first kappa shape index (κ1) is 64.4. The third-order valence-electron chi connectivity index (χ3n) is 21.4. The Balaban J connectivity index is 1.15. The Hall–Kier alpha value is -2.21. The van der Waals surface area contributed by atoms with Crippen LogP contribution in [-0.2, 0) is 42.8 Å². The highest BCUT2D eigenvalue weighted by atomic mass is 16.7. The van der Waals surface area contributed by atoms with Crippen LogP contribution in [0.25, 0.3) is 0 Å². The number of aliphatic hydroxyl groups excluding tert-OH is 4. The zero-order valence-corrected chi connectivity index (χ0v) is 50.4. The first-order chi connectivity index (χ1) is 36.7. The second-order valence-corrected chi connectivity index (χ2v) is 27.3. The number of ketones is 1. The summed E-state index contributed by atoms with van der Waals surface area (Å²) in [4.78, 5) is 45.5. The summed E-state index contributed by atoms with van der Waals surface area (Å²) in [5.74, 6) is -3.33. The van der Waals surface area contributed by atoms with Gasteiger partial charge in [0.15, 0.2) is 18.4 Å². The van der Waals surface area contributed by atoms with Crippen molar-refractivity contribution in [2.24, 2.45) is 46.3 Å². The molecular weight excluding hydrogens is 1020 g/mol. The van der Waals surface area contributed by atoms with Gasteiger partial charge in [0.1, 0.15) is 35.6 Å². The van der Waals surface area contributed by atoms with Crippen LogP contribution in [0.3, 0.4) is 0 Å². The Morgan fingerprint density at radius 2 is 1.57 bits per heavy atom. The second kappa shape index (κ2) is 24.4. The monoisotopic (exact) mass is 1120 g/mol. The third kappa shape index (κ3) is 12.4. The number of ether oxygens (including phenoxy) is 6. The van der Waals surface area contributed by atoms with Crippen LogP contribution in [0.15, 0.2) is 11.6 Å². The van der Waals surface area contributed by atoms with E-state index in [1.54, 1.807) is 54.5 Å². The van der Waals surface area contributed by atoms with Crippen LogP contribution in [0, 0.1) is 46.3 Å². The summed E-state index contributed by atoms with van der Waals surface area (Å²) in [7, 11) is 5.24. The average Bonchev–Trinajstić information content (AvgIpc) is 3.96. The normalized spacial score (nSPS) is 49.6. The van der Waals surface area contributed by atoms with Gasteiger partial charge in [0.05, 0.1) is 47.6 Å². The van der Waals surface area contributed by atoms with Gasteiger partial charge in [-0.25, -0.2) is 0 Å². The molecule has 0 radical (unpaired) electrons. The van der Waals surface area contributed by atoms with E-state index in [0.29, 0.717) is 38.6 Å². The molecule has 7 aliphatic rings. The summed E-state index contributed by atoms with van der Waals surface area (Å²) in [6.07, 6.45) is -4.17. The van der Waals surface area contributed by atoms with Gasteiger partial charge in [-0.1, -0.05) is 40.2 Å². The van der Waals surface area contributed by atoms with Crippen LogP contribution in [0.5, 0.6) is 0 Å². The van der Waals surface area contributed by atoms with Crippen LogP contribution in [0.4, 0.5) is 0 Å². The van der Waals surface area contributed by atoms with Crippen molar-refractivity contribution >= 4 is 17.7 Å². The highest BCUT2D eigenvalue weighted by Crippen LogP contribution is 2.67. The van der Waals surface area contributed by atoms with Crippen LogP contribution in [0.1, 0.15) is 160 Å². The number of hydrogen-bond donors (Lipinski definition) is 8. The number of amides is 1. The maximum absolute atomic E-state index is 14.7. The predicted octanol–water partition coefficient (Wildman–Crippen LogP) is 4.01. The van der Waals surface area contributed by atoms with Gasteiger partial charge in [-0.2, -0.15) is 0 Å². The number of esters is 1. The molecule has 4 aliphatic carbocycles. The summed E-state index contributed by atoms with van der Waals surface area (Å²) in [5, 5.41) is 88.3. The molecule has 0 aromatic heterocycles. The summed E-state index contributed by atoms with van der Waals surface area (Å²) in [5.41, 5.74) is -6.55. The van der Waals surface area contributed by atoms with E-state index in [1.807, 2.05) is 44.7 Å². The van der Waals surface area contributed by atoms with E-state index in [0.717, 1.165) is 18.4 Å². The molecule has 25 atom stereocenters. The molecule has 7 rings (SSSR count). The van der Waals surface area contributed by atoms with Gasteiger partial charge in [0.25, 0.3) is 5.91 Å². The van der Waals surface area contributed by atoms with Gasteiger partial charge in [0.2, 0.25) is 0 Å². The summed E-state index contributed by atoms with van der Waals surface area (Å²) < 4.78 is 38.3. The molecule has 3 heterocycles. The fraction of sp³-hybridized carbons (Fsp3) is 0.917. The molecule has 454 valence electrons. The Labute approximate surface area is 470 Å². The lowest BCUT2D eigenvalue weighted by atomic mass is 9.45. The molecule has 0 aromatic carbocycles. The minimum absolute atomic E-state index is 0.0122. The van der Waals surface area contributed by atoms with E-state index < -0.39 is 119 Å². The predicted molar refractivity (Wildman–Crippen MR) is 294 cm³/mol. The first-order valence-electron chi connectivity index (χ1n) is 29.9. The lowest BCUT2D eigenvalue weighted by Crippen LogP contribution is -2.63. The van der Waals surface area contributed by atoms with Gasteiger partial charge in [-0.05, 0) is 162 Å². The summed E-state index contributed by atoms with van der Waals surface area (Å²) in [6.45, 7) is 22.3. The van der Waals surface area contributed by atoms with E-state index in [1.165, 1.54) is 14.0 Å². The smallest absolute Gasteiger partial charge is 0.311 e. The van der Waals surface area contributed by atoms with Crippen molar-refractivity contribution in [3.63, 3.8) is 0 Å². The van der Waals surface area contributed by atoms with Gasteiger partial charge < -0.3 is 74.4 Å². The number of aliphatic hydroxyl groups is 7. The minimum Gasteiger partial charge on any atom is -0.459 e. The van der Waals surface area contributed by atoms with Gasteiger partial charge >= 0.3 is 5.97 Å². The van der Waals surface area contributed by atoms with Crippen LogP contribution < -0.4 is 5.32 Å². The van der Waals surface area contributed by atoms with E-state index >= 15 is 0 Å². The molecule has 3 saturated heterocycles. The molecule has 19 heteroatoms. The van der Waals surface area contributed by atoms with Crippen molar-refractivity contribution in [3.8, 4) is 0 Å². The van der Waals surface area contributed by atoms with E-state index in [9.17, 15) is 50.1 Å². The standard InChI is InChI=1S/C60H103N3O16/c1-16-44-59(12,72)49(67)36(6)63(25-17-24-61-54(70)60(73)23-21-41-40-19-18-38-27-39(64)20-22-55(38,8)46(40)43(65)29-56(41,60)9)31-32(2)28-57(10,71)51(79-53-47(66)42(62(13)14)26-33(3)75-53)34(4)48(35(5)52(69)77-44)78-45-30-58(11,74-15)50(68)37(7)76-45/h27,32-37,40-51,53,65-68,71-73H,16-26,28-31H2,1-15H3,(H,61,70)/t32-,33-,34+,35-,36-,37?,40?,41?,42-,43+,44-,45-,46?,47-,48+,49-,50-,51-,53+,55+,56+,57-,58+,59-,60+/m1/s1. The number of allylic oxidation sites excluding steroid dienone is 1. The number of carbonyl (C=O) groups is 3. The van der Waals surface area contributed by atoms with Crippen molar-refractivity contribution < 1.29 is 78.6 Å². The Kier molecular flexibility index (Phi) is 19.9. The maximum atomic E-state index is 14.7. The molecule has 1 amide bonds. The van der Waals surface area contributed by atoms with Crippen LogP contribution in [0.2, 0.25) is 0 Å². The highest BCUT2D eigenvalue weighted by molar-refractivity contribution is 5.91. The number of nitrogens with one attached hydrogen (secondary N) is 1. The summed E-state index contributed by atoms with van der Waals surface area (Å²) in [6, 6.07) is -1.10. The van der Waals surface area contributed by atoms with Crippen LogP contribution in [-0.4, -0.2) is 206 Å². The first-order valence-corrected chi connectivity index (χ1v) is 29.9. The van der Waals surface area contributed by atoms with Crippen molar-refractivity contribution in [2.75, 3.05) is 40.8 Å². The molecule has 8 N–H and O–H groups in total. The Morgan fingerprint density at radius 3 is 2.22 bits per heavy atom. The molecule has 79 heavy (non-hydrogen) atoms. The number of likely N-dealkylation sites (N-methyl/N-ethyl adjacent to an activating group) is 1. The zero-order chi connectivity index (χ0) is 58.7. The van der Waals surface area contributed by atoms with Gasteiger partial charge in [-0.3, -0.25) is 19.3 Å². The number of methoxy groups -OCH3 is 1. The quantitative estimate of drug-likeness (QED) is 0.101. The van der Waals surface area contributed by atoms with Gasteiger partial charge in [0, 0.05) is 63.0 Å². The number of carbonyl (C=O) groups excluding carboxylic acids is 3. The molecular formula is C60H103N3O16. The van der Waals surface area contributed by atoms with Crippen molar-refractivity contribution in [2.45, 2.75) is 262 Å². The van der Waals surface area contributed by atoms with Crippen molar-refractivity contribution in [3.05, 3.63) is 11.6 Å². The molecule has 0 aromatic rings. The molecule has 0 spiro atoms. The number of rotatable bonds is 12. The lowest BCUT2D eigenvalue weighted by Gasteiger charge is -2.60. The maximum Gasteiger partial charge on any atom is 0.311 e. The Morgan fingerprint density at radius 1 is 0.886 bits per heavy atom. The Bertz CT molecular complexity index is 2160. The molecule has 0 bridgehead atoms. The number of fused-ring (bicyclic) bond motifs is 5. The summed E-state index contributed by atoms with van der Waals surface area (Å²) >= 11 is 0. The van der Waals surface area contributed by atoms with Gasteiger partial charge in [-0.15, -0.1) is 0 Å². The number of cyclic esters (lactones) is 1. The molecule has 3 saturated carbocycles. The lowest BCUT2D eigenvalue weighted by molar-refractivity contribution is -0.318. The van der Waals surface area contributed by atoms with Crippen molar-refractivity contribution in [1.82, 2.24) is 15.1 Å². The second-order valence-electron chi connectivity index (χ2n) is 27.3. The van der Waals surface area contributed by atoms with Crippen molar-refractivity contribution in [1.29, 1.82) is 0 Å². The number of nitrogens with zero attached hydrogens (tertiary/aromatic N) is 2. The van der Waals surface area contributed by atoms with E-state index in [2.05, 4.69) is 12.2 Å². The molecule has 6 fully saturated rings.